The van der Waals surface area contributed by atoms with Gasteiger partial charge in [-0.25, -0.2) is 0 Å². The molecule has 0 aromatic heterocycles. The molecule has 1 heterocycles. The summed E-state index contributed by atoms with van der Waals surface area (Å²) in [5.41, 5.74) is 7.90. The molecule has 2 rings (SSSR count). The molecule has 2 N–H and O–H groups in total. The van der Waals surface area contributed by atoms with Crippen molar-refractivity contribution < 1.29 is 14.3 Å². The summed E-state index contributed by atoms with van der Waals surface area (Å²) in [7, 11) is 1.41. The second-order valence-corrected chi connectivity index (χ2v) is 6.19. The first-order valence-corrected chi connectivity index (χ1v) is 6.97. The van der Waals surface area contributed by atoms with Crippen LogP contribution in [0.25, 0.3) is 0 Å². The highest BCUT2D eigenvalue weighted by atomic mass is 16.5. The molecule has 4 heteroatoms. The van der Waals surface area contributed by atoms with Gasteiger partial charge >= 0.3 is 5.97 Å². The smallest absolute Gasteiger partial charge is 0.311 e. The first-order valence-electron chi connectivity index (χ1n) is 6.97. The van der Waals surface area contributed by atoms with Gasteiger partial charge in [-0.2, -0.15) is 0 Å². The number of nitrogens with two attached hydrogens (primary N) is 1. The summed E-state index contributed by atoms with van der Waals surface area (Å²) < 4.78 is 10.5. The summed E-state index contributed by atoms with van der Waals surface area (Å²) in [4.78, 5) is 11.7. The molecule has 1 aliphatic heterocycles. The molecule has 4 nitrogen and oxygen atoms in total. The van der Waals surface area contributed by atoms with E-state index in [0.29, 0.717) is 6.42 Å². The Bertz CT molecular complexity index is 510. The van der Waals surface area contributed by atoms with Crippen LogP contribution in [0.4, 0.5) is 0 Å². The number of hydrogen-bond acceptors (Lipinski definition) is 4. The maximum atomic E-state index is 11.7. The Labute approximate surface area is 120 Å². The van der Waals surface area contributed by atoms with Gasteiger partial charge in [0.1, 0.15) is 11.9 Å². The molecule has 0 bridgehead atoms. The Hall–Kier alpha value is -1.55. The van der Waals surface area contributed by atoms with E-state index >= 15 is 0 Å². The molecule has 0 fully saturated rings. The molecule has 0 amide bonds. The quantitative estimate of drug-likeness (QED) is 0.859. The lowest BCUT2D eigenvalue weighted by atomic mass is 9.83. The minimum atomic E-state index is -0.586. The molecule has 20 heavy (non-hydrogen) atoms. The van der Waals surface area contributed by atoms with Gasteiger partial charge in [0.15, 0.2) is 0 Å². The van der Waals surface area contributed by atoms with Crippen molar-refractivity contribution in [3.8, 4) is 5.75 Å². The predicted molar refractivity (Wildman–Crippen MR) is 77.6 cm³/mol. The Morgan fingerprint density at radius 3 is 2.90 bits per heavy atom. The standard InChI is InChI=1S/C16H23NO3/c1-10-7-12-8-11(5-6-14(12)20-10)13(17)9-16(2,3)15(18)19-4/h5-6,8,10,13H,7,9,17H2,1-4H3. The number of methoxy groups -OCH3 is 1. The predicted octanol–water partition coefficient (Wildman–Crippen LogP) is 2.60. The molecule has 0 radical (unpaired) electrons. The Morgan fingerprint density at radius 1 is 1.55 bits per heavy atom. The highest BCUT2D eigenvalue weighted by Crippen LogP contribution is 2.34. The number of rotatable bonds is 4. The van der Waals surface area contributed by atoms with Crippen LogP contribution < -0.4 is 10.5 Å². The van der Waals surface area contributed by atoms with E-state index in [1.807, 2.05) is 26.0 Å². The number of carbonyl (C=O) groups excluding carboxylic acids is 1. The van der Waals surface area contributed by atoms with E-state index in [4.69, 9.17) is 15.2 Å². The van der Waals surface area contributed by atoms with Crippen LogP contribution in [0.15, 0.2) is 18.2 Å². The third kappa shape index (κ3) is 2.96. The summed E-state index contributed by atoms with van der Waals surface area (Å²) in [6.07, 6.45) is 1.69. The Morgan fingerprint density at radius 2 is 2.25 bits per heavy atom. The van der Waals surface area contributed by atoms with Crippen LogP contribution >= 0.6 is 0 Å². The van der Waals surface area contributed by atoms with E-state index < -0.39 is 5.41 Å². The van der Waals surface area contributed by atoms with Gasteiger partial charge in [0.2, 0.25) is 0 Å². The topological polar surface area (TPSA) is 61.5 Å². The Balaban J connectivity index is 2.13. The molecule has 0 aliphatic carbocycles. The van der Waals surface area contributed by atoms with Crippen molar-refractivity contribution >= 4 is 5.97 Å². The molecule has 110 valence electrons. The molecule has 1 aliphatic rings. The van der Waals surface area contributed by atoms with Crippen LogP contribution in [-0.2, 0) is 16.0 Å². The largest absolute Gasteiger partial charge is 0.490 e. The van der Waals surface area contributed by atoms with Crippen molar-refractivity contribution in [1.82, 2.24) is 0 Å². The van der Waals surface area contributed by atoms with Gasteiger partial charge in [0, 0.05) is 12.5 Å². The first kappa shape index (κ1) is 14.9. The number of esters is 1. The monoisotopic (exact) mass is 277 g/mol. The number of ether oxygens (including phenoxy) is 2. The summed E-state index contributed by atoms with van der Waals surface area (Å²) >= 11 is 0. The molecule has 1 aromatic carbocycles. The van der Waals surface area contributed by atoms with Crippen molar-refractivity contribution in [3.05, 3.63) is 29.3 Å². The third-order valence-corrected chi connectivity index (χ3v) is 3.82. The van der Waals surface area contributed by atoms with Crippen LogP contribution in [0.2, 0.25) is 0 Å². The second kappa shape index (κ2) is 5.44. The fourth-order valence-electron chi connectivity index (χ4n) is 2.70. The average molecular weight is 277 g/mol. The van der Waals surface area contributed by atoms with Crippen molar-refractivity contribution in [1.29, 1.82) is 0 Å². The summed E-state index contributed by atoms with van der Waals surface area (Å²) in [5, 5.41) is 0. The van der Waals surface area contributed by atoms with Crippen LogP contribution in [0.5, 0.6) is 5.75 Å². The van der Waals surface area contributed by atoms with Crippen LogP contribution in [-0.4, -0.2) is 19.2 Å². The van der Waals surface area contributed by atoms with Crippen LogP contribution in [0.1, 0.15) is 44.4 Å². The van der Waals surface area contributed by atoms with Crippen LogP contribution in [0.3, 0.4) is 0 Å². The normalized spacial score (nSPS) is 19.1. The summed E-state index contributed by atoms with van der Waals surface area (Å²) in [5.74, 6) is 0.715. The first-order chi connectivity index (χ1) is 9.33. The van der Waals surface area contributed by atoms with Gasteiger partial charge in [-0.15, -0.1) is 0 Å². The lowest BCUT2D eigenvalue weighted by Crippen LogP contribution is -2.30. The zero-order valence-corrected chi connectivity index (χ0v) is 12.6. The van der Waals surface area contributed by atoms with E-state index in [9.17, 15) is 4.79 Å². The lowest BCUT2D eigenvalue weighted by Gasteiger charge is -2.25. The minimum Gasteiger partial charge on any atom is -0.490 e. The number of carbonyl (C=O) groups is 1. The maximum Gasteiger partial charge on any atom is 0.311 e. The fraction of sp³-hybridized carbons (Fsp3) is 0.562. The van der Waals surface area contributed by atoms with Gasteiger partial charge in [-0.1, -0.05) is 12.1 Å². The van der Waals surface area contributed by atoms with Crippen molar-refractivity contribution in [2.45, 2.75) is 45.8 Å². The SMILES string of the molecule is COC(=O)C(C)(C)CC(N)c1ccc2c(c1)CC(C)O2. The van der Waals surface area contributed by atoms with Gasteiger partial charge in [0.25, 0.3) is 0 Å². The molecule has 2 unspecified atom stereocenters. The van der Waals surface area contributed by atoms with Crippen molar-refractivity contribution in [3.63, 3.8) is 0 Å². The highest BCUT2D eigenvalue weighted by molar-refractivity contribution is 5.75. The van der Waals surface area contributed by atoms with Crippen LogP contribution in [0, 0.1) is 5.41 Å². The molecular weight excluding hydrogens is 254 g/mol. The van der Waals surface area contributed by atoms with E-state index in [1.165, 1.54) is 12.7 Å². The summed E-state index contributed by atoms with van der Waals surface area (Å²) in [6.45, 7) is 5.77. The van der Waals surface area contributed by atoms with Crippen molar-refractivity contribution in [2.24, 2.45) is 11.1 Å². The van der Waals surface area contributed by atoms with E-state index in [0.717, 1.165) is 17.7 Å². The van der Waals surface area contributed by atoms with E-state index in [1.54, 1.807) is 0 Å². The maximum absolute atomic E-state index is 11.7. The third-order valence-electron chi connectivity index (χ3n) is 3.82. The zero-order valence-electron chi connectivity index (χ0n) is 12.6. The number of fused-ring (bicyclic) bond motifs is 1. The number of hydrogen-bond donors (Lipinski definition) is 1. The summed E-state index contributed by atoms with van der Waals surface area (Å²) in [6, 6.07) is 5.86. The van der Waals surface area contributed by atoms with E-state index in [2.05, 4.69) is 13.0 Å². The van der Waals surface area contributed by atoms with E-state index in [-0.39, 0.29) is 18.1 Å². The molecule has 0 saturated carbocycles. The molecular formula is C16H23NO3. The lowest BCUT2D eigenvalue weighted by molar-refractivity contribution is -0.151. The Kier molecular flexibility index (Phi) is 4.04. The fourth-order valence-corrected chi connectivity index (χ4v) is 2.70. The highest BCUT2D eigenvalue weighted by Gasteiger charge is 2.31. The minimum absolute atomic E-state index is 0.190. The molecule has 0 saturated heterocycles. The van der Waals surface area contributed by atoms with Crippen molar-refractivity contribution in [2.75, 3.05) is 7.11 Å². The van der Waals surface area contributed by atoms with Gasteiger partial charge in [0.05, 0.1) is 12.5 Å². The average Bonchev–Trinajstić information content (AvgIpc) is 2.75. The molecule has 1 aromatic rings. The number of benzene rings is 1. The second-order valence-electron chi connectivity index (χ2n) is 6.19. The zero-order chi connectivity index (χ0) is 14.9. The van der Waals surface area contributed by atoms with Gasteiger partial charge < -0.3 is 15.2 Å². The molecule has 2 atom stereocenters. The van der Waals surface area contributed by atoms with Gasteiger partial charge in [-0.3, -0.25) is 4.79 Å². The molecule has 0 spiro atoms. The van der Waals surface area contributed by atoms with Gasteiger partial charge in [-0.05, 0) is 44.4 Å².